The number of nitrogens with zero attached hydrogens (tertiary/aromatic N) is 2. The Morgan fingerprint density at radius 2 is 1.69 bits per heavy atom. The van der Waals surface area contributed by atoms with Crippen molar-refractivity contribution in [3.8, 4) is 22.9 Å². The number of carbonyl (C=O) groups is 1. The largest absolute Gasteiger partial charge is 0.459 e. The van der Waals surface area contributed by atoms with Crippen LogP contribution in [-0.4, -0.2) is 16.1 Å². The van der Waals surface area contributed by atoms with Crippen LogP contribution in [0.3, 0.4) is 0 Å². The number of anilines is 1. The molecular formula is C19H12ClN3O3. The smallest absolute Gasteiger partial charge is 0.291 e. The lowest BCUT2D eigenvalue weighted by Gasteiger charge is -2.07. The van der Waals surface area contributed by atoms with Crippen molar-refractivity contribution in [2.24, 2.45) is 0 Å². The van der Waals surface area contributed by atoms with Crippen LogP contribution in [0.15, 0.2) is 75.8 Å². The number of halogens is 1. The van der Waals surface area contributed by atoms with Crippen LogP contribution in [0.2, 0.25) is 5.02 Å². The lowest BCUT2D eigenvalue weighted by Crippen LogP contribution is -2.11. The molecule has 0 bridgehead atoms. The van der Waals surface area contributed by atoms with E-state index in [1.54, 1.807) is 54.6 Å². The summed E-state index contributed by atoms with van der Waals surface area (Å²) in [6.07, 6.45) is 1.44. The van der Waals surface area contributed by atoms with Crippen molar-refractivity contribution < 1.29 is 13.6 Å². The fraction of sp³-hybridized carbons (Fsp3) is 0. The molecule has 2 aromatic carbocycles. The average molecular weight is 366 g/mol. The molecule has 7 heteroatoms. The zero-order valence-electron chi connectivity index (χ0n) is 13.3. The summed E-state index contributed by atoms with van der Waals surface area (Å²) in [5, 5.41) is 11.6. The third kappa shape index (κ3) is 3.22. The Morgan fingerprint density at radius 3 is 2.46 bits per heavy atom. The van der Waals surface area contributed by atoms with Crippen molar-refractivity contribution in [3.63, 3.8) is 0 Å². The summed E-state index contributed by atoms with van der Waals surface area (Å²) in [5.41, 5.74) is 1.91. The molecule has 4 rings (SSSR count). The number of amides is 1. The van der Waals surface area contributed by atoms with Gasteiger partial charge in [-0.2, -0.15) is 0 Å². The number of hydrogen-bond acceptors (Lipinski definition) is 5. The first-order chi connectivity index (χ1) is 12.7. The van der Waals surface area contributed by atoms with Crippen LogP contribution >= 0.6 is 11.6 Å². The van der Waals surface area contributed by atoms with Crippen molar-refractivity contribution >= 4 is 23.2 Å². The van der Waals surface area contributed by atoms with E-state index in [1.165, 1.54) is 6.26 Å². The Hall–Kier alpha value is -3.38. The number of aromatic nitrogens is 2. The highest BCUT2D eigenvalue weighted by molar-refractivity contribution is 6.30. The Kier molecular flexibility index (Phi) is 4.25. The number of carbonyl (C=O) groups excluding carboxylic acids is 1. The maximum absolute atomic E-state index is 12.2. The van der Waals surface area contributed by atoms with Crippen LogP contribution < -0.4 is 5.32 Å². The van der Waals surface area contributed by atoms with Gasteiger partial charge in [-0.05, 0) is 48.5 Å². The third-order valence-electron chi connectivity index (χ3n) is 3.67. The molecule has 0 fully saturated rings. The molecule has 0 aliphatic carbocycles. The molecule has 0 aliphatic heterocycles. The highest BCUT2D eigenvalue weighted by atomic mass is 35.5. The summed E-state index contributed by atoms with van der Waals surface area (Å²) >= 11 is 5.90. The Bertz CT molecular complexity index is 1040. The summed E-state index contributed by atoms with van der Waals surface area (Å²) in [6, 6.07) is 17.5. The lowest BCUT2D eigenvalue weighted by atomic mass is 10.1. The van der Waals surface area contributed by atoms with Crippen LogP contribution in [0.4, 0.5) is 5.69 Å². The van der Waals surface area contributed by atoms with E-state index >= 15 is 0 Å². The molecule has 1 amide bonds. The highest BCUT2D eigenvalue weighted by Crippen LogP contribution is 2.30. The molecule has 1 N–H and O–H groups in total. The zero-order valence-corrected chi connectivity index (χ0v) is 14.1. The van der Waals surface area contributed by atoms with Crippen LogP contribution in [0.5, 0.6) is 0 Å². The van der Waals surface area contributed by atoms with E-state index < -0.39 is 0 Å². The molecule has 6 nitrogen and oxygen atoms in total. The molecule has 26 heavy (non-hydrogen) atoms. The fourth-order valence-corrected chi connectivity index (χ4v) is 2.54. The van der Waals surface area contributed by atoms with Crippen LogP contribution in [0, 0.1) is 0 Å². The summed E-state index contributed by atoms with van der Waals surface area (Å²) in [7, 11) is 0. The molecule has 128 valence electrons. The van der Waals surface area contributed by atoms with E-state index in [9.17, 15) is 4.79 Å². The van der Waals surface area contributed by atoms with E-state index in [0.717, 1.165) is 5.56 Å². The van der Waals surface area contributed by atoms with Crippen LogP contribution in [-0.2, 0) is 0 Å². The van der Waals surface area contributed by atoms with Gasteiger partial charge in [-0.1, -0.05) is 23.7 Å². The third-order valence-corrected chi connectivity index (χ3v) is 3.92. The zero-order chi connectivity index (χ0) is 17.9. The Morgan fingerprint density at radius 1 is 0.923 bits per heavy atom. The normalized spacial score (nSPS) is 10.7. The second-order valence-electron chi connectivity index (χ2n) is 5.40. The number of hydrogen-bond donors (Lipinski definition) is 1. The quantitative estimate of drug-likeness (QED) is 0.556. The molecule has 0 radical (unpaired) electrons. The van der Waals surface area contributed by atoms with E-state index in [4.69, 9.17) is 20.4 Å². The average Bonchev–Trinajstić information content (AvgIpc) is 3.35. The summed E-state index contributed by atoms with van der Waals surface area (Å²) in [6.45, 7) is 0. The predicted octanol–water partition coefficient (Wildman–Crippen LogP) is 4.90. The monoisotopic (exact) mass is 365 g/mol. The second kappa shape index (κ2) is 6.85. The molecule has 2 heterocycles. The second-order valence-corrected chi connectivity index (χ2v) is 5.83. The van der Waals surface area contributed by atoms with E-state index in [-0.39, 0.29) is 11.7 Å². The van der Waals surface area contributed by atoms with Gasteiger partial charge in [-0.3, -0.25) is 4.79 Å². The molecule has 0 aliphatic rings. The minimum Gasteiger partial charge on any atom is -0.459 e. The van der Waals surface area contributed by atoms with Gasteiger partial charge >= 0.3 is 0 Å². The van der Waals surface area contributed by atoms with E-state index in [2.05, 4.69) is 15.5 Å². The maximum atomic E-state index is 12.2. The van der Waals surface area contributed by atoms with E-state index in [0.29, 0.717) is 28.1 Å². The van der Waals surface area contributed by atoms with Gasteiger partial charge < -0.3 is 14.2 Å². The first-order valence-corrected chi connectivity index (χ1v) is 8.12. The lowest BCUT2D eigenvalue weighted by molar-refractivity contribution is 0.0996. The summed E-state index contributed by atoms with van der Waals surface area (Å²) < 4.78 is 10.9. The standard InChI is InChI=1S/C19H12ClN3O3/c20-13-9-7-12(8-10-13)18-22-23-19(26-18)14-4-1-2-5-15(14)21-17(24)16-6-3-11-25-16/h1-11H,(H,21,24). The molecule has 0 unspecified atom stereocenters. The predicted molar refractivity (Wildman–Crippen MR) is 96.8 cm³/mol. The first kappa shape index (κ1) is 16.1. The Balaban J connectivity index is 1.64. The molecule has 2 aromatic heterocycles. The van der Waals surface area contributed by atoms with E-state index in [1.807, 2.05) is 6.07 Å². The van der Waals surface area contributed by atoms with Gasteiger partial charge in [0.15, 0.2) is 5.76 Å². The van der Waals surface area contributed by atoms with Crippen LogP contribution in [0.1, 0.15) is 10.6 Å². The van der Waals surface area contributed by atoms with Crippen molar-refractivity contribution in [1.29, 1.82) is 0 Å². The van der Waals surface area contributed by atoms with Gasteiger partial charge in [-0.25, -0.2) is 0 Å². The van der Waals surface area contributed by atoms with Gasteiger partial charge in [0, 0.05) is 10.6 Å². The summed E-state index contributed by atoms with van der Waals surface area (Å²) in [5.74, 6) is 0.515. The molecule has 0 atom stereocenters. The first-order valence-electron chi connectivity index (χ1n) is 7.74. The molecule has 0 spiro atoms. The van der Waals surface area contributed by atoms with Gasteiger partial charge in [0.1, 0.15) is 0 Å². The number of rotatable bonds is 4. The summed E-state index contributed by atoms with van der Waals surface area (Å²) in [4.78, 5) is 12.2. The number of furan rings is 1. The number of para-hydroxylation sites is 1. The maximum Gasteiger partial charge on any atom is 0.291 e. The van der Waals surface area contributed by atoms with Gasteiger partial charge in [-0.15, -0.1) is 10.2 Å². The highest BCUT2D eigenvalue weighted by Gasteiger charge is 2.16. The minimum atomic E-state index is -0.361. The van der Waals surface area contributed by atoms with Crippen molar-refractivity contribution in [2.75, 3.05) is 5.32 Å². The fourth-order valence-electron chi connectivity index (χ4n) is 2.41. The van der Waals surface area contributed by atoms with Gasteiger partial charge in [0.05, 0.1) is 17.5 Å². The molecule has 0 saturated carbocycles. The minimum absolute atomic E-state index is 0.215. The van der Waals surface area contributed by atoms with Crippen molar-refractivity contribution in [3.05, 3.63) is 77.7 Å². The molecule has 0 saturated heterocycles. The molecular weight excluding hydrogens is 354 g/mol. The number of nitrogens with one attached hydrogen (secondary N) is 1. The van der Waals surface area contributed by atoms with Crippen molar-refractivity contribution in [1.82, 2.24) is 10.2 Å². The Labute approximate surface area is 153 Å². The van der Waals surface area contributed by atoms with Gasteiger partial charge in [0.25, 0.3) is 5.91 Å². The topological polar surface area (TPSA) is 81.2 Å². The van der Waals surface area contributed by atoms with Crippen molar-refractivity contribution in [2.45, 2.75) is 0 Å². The SMILES string of the molecule is O=C(Nc1ccccc1-c1nnc(-c2ccc(Cl)cc2)o1)c1ccco1. The van der Waals surface area contributed by atoms with Crippen LogP contribution in [0.25, 0.3) is 22.9 Å². The number of benzene rings is 2. The molecule has 4 aromatic rings. The van der Waals surface area contributed by atoms with Gasteiger partial charge in [0.2, 0.25) is 11.8 Å².